The number of hydrogen-bond donors (Lipinski definition) is 1. The largest absolute Gasteiger partial charge is 0.321 e. The Morgan fingerprint density at radius 3 is 3.11 bits per heavy atom. The molecule has 0 saturated heterocycles. The molecule has 6 heteroatoms. The maximum Gasteiger partial charge on any atom is 0.144 e. The van der Waals surface area contributed by atoms with Gasteiger partial charge >= 0.3 is 0 Å². The van der Waals surface area contributed by atoms with Crippen LogP contribution in [-0.2, 0) is 20.0 Å². The zero-order valence-electron chi connectivity index (χ0n) is 10.2. The molecular weight excluding hydrogens is 228 g/mol. The molecule has 2 aromatic rings. The van der Waals surface area contributed by atoms with Crippen molar-refractivity contribution in [2.24, 2.45) is 7.05 Å². The van der Waals surface area contributed by atoms with E-state index in [4.69, 9.17) is 5.26 Å². The molecule has 0 aliphatic carbocycles. The molecule has 0 atom stereocenters. The third-order valence-electron chi connectivity index (χ3n) is 2.64. The number of nitrogens with one attached hydrogen (secondary N) is 1. The summed E-state index contributed by atoms with van der Waals surface area (Å²) in [5.41, 5.74) is 1.39. The van der Waals surface area contributed by atoms with Crippen LogP contribution in [0.3, 0.4) is 0 Å². The molecule has 0 unspecified atom stereocenters. The van der Waals surface area contributed by atoms with Crippen LogP contribution in [-0.4, -0.2) is 26.3 Å². The van der Waals surface area contributed by atoms with Gasteiger partial charge in [0, 0.05) is 38.3 Å². The molecule has 0 spiro atoms. The van der Waals surface area contributed by atoms with Gasteiger partial charge in [0.05, 0.1) is 0 Å². The molecule has 2 rings (SSSR count). The molecular formula is C12H14N6. The smallest absolute Gasteiger partial charge is 0.144 e. The molecule has 0 aromatic carbocycles. The standard InChI is InChI=1S/C12H14N6/c1-18-9-16-17-12(18)4-6-14-8-10-3-2-5-15-11(10)7-13/h2-3,5,9,14H,4,6,8H2,1H3. The first-order valence-electron chi connectivity index (χ1n) is 5.69. The fourth-order valence-electron chi connectivity index (χ4n) is 1.64. The van der Waals surface area contributed by atoms with Crippen molar-refractivity contribution in [2.75, 3.05) is 6.54 Å². The van der Waals surface area contributed by atoms with E-state index in [2.05, 4.69) is 26.6 Å². The van der Waals surface area contributed by atoms with Crippen molar-refractivity contribution in [3.8, 4) is 6.07 Å². The first-order valence-corrected chi connectivity index (χ1v) is 5.69. The first kappa shape index (κ1) is 12.2. The van der Waals surface area contributed by atoms with E-state index in [0.29, 0.717) is 12.2 Å². The average Bonchev–Trinajstić information content (AvgIpc) is 2.81. The van der Waals surface area contributed by atoms with E-state index in [1.807, 2.05) is 23.7 Å². The van der Waals surface area contributed by atoms with Gasteiger partial charge in [0.2, 0.25) is 0 Å². The molecule has 0 fully saturated rings. The van der Waals surface area contributed by atoms with Crippen LogP contribution in [0.15, 0.2) is 24.7 Å². The first-order chi connectivity index (χ1) is 8.81. The minimum atomic E-state index is 0.476. The van der Waals surface area contributed by atoms with Crippen molar-refractivity contribution in [2.45, 2.75) is 13.0 Å². The zero-order valence-corrected chi connectivity index (χ0v) is 10.2. The Hall–Kier alpha value is -2.26. The summed E-state index contributed by atoms with van der Waals surface area (Å²) in [4.78, 5) is 4.01. The summed E-state index contributed by atoms with van der Waals surface area (Å²) in [6, 6.07) is 5.82. The van der Waals surface area contributed by atoms with Crippen molar-refractivity contribution < 1.29 is 0 Å². The number of pyridine rings is 1. The Labute approximate surface area is 105 Å². The van der Waals surface area contributed by atoms with Gasteiger partial charge in [-0.3, -0.25) is 0 Å². The van der Waals surface area contributed by atoms with Crippen LogP contribution in [0, 0.1) is 11.3 Å². The number of nitriles is 1. The summed E-state index contributed by atoms with van der Waals surface area (Å²) in [5, 5.41) is 20.0. The third kappa shape index (κ3) is 2.90. The number of nitrogens with zero attached hydrogens (tertiary/aromatic N) is 5. The Morgan fingerprint density at radius 1 is 1.50 bits per heavy atom. The monoisotopic (exact) mass is 242 g/mol. The van der Waals surface area contributed by atoms with Crippen molar-refractivity contribution in [1.82, 2.24) is 25.1 Å². The summed E-state index contributed by atoms with van der Waals surface area (Å²) in [7, 11) is 1.92. The van der Waals surface area contributed by atoms with E-state index in [0.717, 1.165) is 24.4 Å². The molecule has 0 aliphatic heterocycles. The molecule has 2 heterocycles. The highest BCUT2D eigenvalue weighted by Gasteiger charge is 2.03. The second-order valence-electron chi connectivity index (χ2n) is 3.91. The van der Waals surface area contributed by atoms with E-state index in [1.165, 1.54) is 0 Å². The second-order valence-corrected chi connectivity index (χ2v) is 3.91. The second kappa shape index (κ2) is 5.89. The Balaban J connectivity index is 1.82. The summed E-state index contributed by atoms with van der Waals surface area (Å²) in [5.74, 6) is 0.939. The van der Waals surface area contributed by atoms with Gasteiger partial charge in [-0.05, 0) is 6.07 Å². The van der Waals surface area contributed by atoms with Crippen LogP contribution in [0.2, 0.25) is 0 Å². The average molecular weight is 242 g/mol. The molecule has 0 radical (unpaired) electrons. The molecule has 0 saturated carbocycles. The summed E-state index contributed by atoms with van der Waals surface area (Å²) in [6.45, 7) is 1.42. The molecule has 92 valence electrons. The molecule has 18 heavy (non-hydrogen) atoms. The quantitative estimate of drug-likeness (QED) is 0.768. The highest BCUT2D eigenvalue weighted by molar-refractivity contribution is 5.30. The lowest BCUT2D eigenvalue weighted by atomic mass is 10.2. The molecule has 0 bridgehead atoms. The third-order valence-corrected chi connectivity index (χ3v) is 2.64. The SMILES string of the molecule is Cn1cnnc1CCNCc1cccnc1C#N. The fraction of sp³-hybridized carbons (Fsp3) is 0.333. The number of rotatable bonds is 5. The minimum absolute atomic E-state index is 0.476. The van der Waals surface area contributed by atoms with Gasteiger partial charge in [0.15, 0.2) is 0 Å². The van der Waals surface area contributed by atoms with Crippen molar-refractivity contribution in [3.05, 3.63) is 41.7 Å². The van der Waals surface area contributed by atoms with E-state index in [9.17, 15) is 0 Å². The van der Waals surface area contributed by atoms with E-state index >= 15 is 0 Å². The van der Waals surface area contributed by atoms with Crippen molar-refractivity contribution in [1.29, 1.82) is 5.26 Å². The molecule has 2 aromatic heterocycles. The zero-order chi connectivity index (χ0) is 12.8. The maximum atomic E-state index is 8.90. The molecule has 1 N–H and O–H groups in total. The number of hydrogen-bond acceptors (Lipinski definition) is 5. The Bertz CT molecular complexity index is 554. The lowest BCUT2D eigenvalue weighted by Crippen LogP contribution is -2.19. The van der Waals surface area contributed by atoms with E-state index < -0.39 is 0 Å². The van der Waals surface area contributed by atoms with Crippen LogP contribution >= 0.6 is 0 Å². The minimum Gasteiger partial charge on any atom is -0.321 e. The van der Waals surface area contributed by atoms with Crippen LogP contribution in [0.4, 0.5) is 0 Å². The van der Waals surface area contributed by atoms with Crippen LogP contribution < -0.4 is 5.32 Å². The van der Waals surface area contributed by atoms with Gasteiger partial charge in [-0.25, -0.2) is 4.98 Å². The van der Waals surface area contributed by atoms with Gasteiger partial charge in [-0.15, -0.1) is 10.2 Å². The Morgan fingerprint density at radius 2 is 2.39 bits per heavy atom. The summed E-state index contributed by atoms with van der Waals surface area (Å²) >= 11 is 0. The van der Waals surface area contributed by atoms with Crippen molar-refractivity contribution >= 4 is 0 Å². The summed E-state index contributed by atoms with van der Waals surface area (Å²) in [6.07, 6.45) is 4.12. The molecule has 6 nitrogen and oxygen atoms in total. The predicted octanol–water partition coefficient (Wildman–Crippen LogP) is 0.414. The predicted molar refractivity (Wildman–Crippen MR) is 65.4 cm³/mol. The molecule has 0 aliphatic rings. The van der Waals surface area contributed by atoms with Crippen molar-refractivity contribution in [3.63, 3.8) is 0 Å². The van der Waals surface area contributed by atoms with Gasteiger partial charge in [-0.1, -0.05) is 6.07 Å². The fourth-order valence-corrected chi connectivity index (χ4v) is 1.64. The Kier molecular flexibility index (Phi) is 3.99. The van der Waals surface area contributed by atoms with Crippen LogP contribution in [0.1, 0.15) is 17.1 Å². The van der Waals surface area contributed by atoms with Gasteiger partial charge in [0.25, 0.3) is 0 Å². The lowest BCUT2D eigenvalue weighted by Gasteiger charge is -2.05. The number of aryl methyl sites for hydroxylation is 1. The topological polar surface area (TPSA) is 79.4 Å². The normalized spacial score (nSPS) is 10.2. The summed E-state index contributed by atoms with van der Waals surface area (Å²) < 4.78 is 1.90. The highest BCUT2D eigenvalue weighted by atomic mass is 15.2. The van der Waals surface area contributed by atoms with Gasteiger partial charge in [-0.2, -0.15) is 5.26 Å². The van der Waals surface area contributed by atoms with E-state index in [-0.39, 0.29) is 0 Å². The van der Waals surface area contributed by atoms with Gasteiger partial charge in [0.1, 0.15) is 23.9 Å². The lowest BCUT2D eigenvalue weighted by molar-refractivity contribution is 0.652. The van der Waals surface area contributed by atoms with E-state index in [1.54, 1.807) is 12.5 Å². The highest BCUT2D eigenvalue weighted by Crippen LogP contribution is 2.03. The molecule has 0 amide bonds. The van der Waals surface area contributed by atoms with Crippen LogP contribution in [0.5, 0.6) is 0 Å². The van der Waals surface area contributed by atoms with Crippen LogP contribution in [0.25, 0.3) is 0 Å². The van der Waals surface area contributed by atoms with Gasteiger partial charge < -0.3 is 9.88 Å². The maximum absolute atomic E-state index is 8.90. The number of aromatic nitrogens is 4.